The number of H-pyrrole nitrogens is 1. The summed E-state index contributed by atoms with van der Waals surface area (Å²) in [4.78, 5) is 14.6. The standard InChI is InChI=1S/C12H16BrN3O/c1-8-4-2-3-5-10(8)15-16-12(17)11-6-9(13)7-14-11/h6-8,14H,2-5H2,1H3,(H,16,17)/t8-/m0/s1. The molecule has 92 valence electrons. The van der Waals surface area contributed by atoms with Crippen LogP contribution in [0, 0.1) is 5.92 Å². The molecule has 17 heavy (non-hydrogen) atoms. The van der Waals surface area contributed by atoms with E-state index in [1.165, 1.54) is 19.3 Å². The van der Waals surface area contributed by atoms with E-state index in [1.807, 2.05) is 0 Å². The molecule has 4 nitrogen and oxygen atoms in total. The second kappa shape index (κ2) is 5.49. The van der Waals surface area contributed by atoms with Gasteiger partial charge in [0.05, 0.1) is 0 Å². The van der Waals surface area contributed by atoms with Crippen LogP contribution in [0.5, 0.6) is 0 Å². The summed E-state index contributed by atoms with van der Waals surface area (Å²) in [5.41, 5.74) is 4.23. The summed E-state index contributed by atoms with van der Waals surface area (Å²) in [5, 5.41) is 4.23. The fourth-order valence-corrected chi connectivity index (χ4v) is 2.36. The molecular formula is C12H16BrN3O. The maximum absolute atomic E-state index is 11.7. The van der Waals surface area contributed by atoms with Crippen molar-refractivity contribution in [1.82, 2.24) is 10.4 Å². The van der Waals surface area contributed by atoms with E-state index >= 15 is 0 Å². The molecule has 2 N–H and O–H groups in total. The molecule has 1 aliphatic carbocycles. The van der Waals surface area contributed by atoms with Crippen LogP contribution in [0.4, 0.5) is 0 Å². The number of nitrogens with one attached hydrogen (secondary N) is 2. The van der Waals surface area contributed by atoms with Gasteiger partial charge in [-0.05, 0) is 47.2 Å². The summed E-state index contributed by atoms with van der Waals surface area (Å²) in [5.74, 6) is 0.292. The fraction of sp³-hybridized carbons (Fsp3) is 0.500. The molecule has 5 heteroatoms. The summed E-state index contributed by atoms with van der Waals surface area (Å²) in [7, 11) is 0. The Kier molecular flexibility index (Phi) is 3.99. The van der Waals surface area contributed by atoms with E-state index in [0.29, 0.717) is 11.6 Å². The van der Waals surface area contributed by atoms with Crippen LogP contribution in [0.2, 0.25) is 0 Å². The van der Waals surface area contributed by atoms with Crippen LogP contribution in [-0.2, 0) is 0 Å². The van der Waals surface area contributed by atoms with Gasteiger partial charge in [0.1, 0.15) is 5.69 Å². The average molecular weight is 298 g/mol. The molecule has 0 aliphatic heterocycles. The Bertz CT molecular complexity index is 439. The van der Waals surface area contributed by atoms with E-state index in [0.717, 1.165) is 16.6 Å². The predicted octanol–water partition coefficient (Wildman–Crippen LogP) is 3.07. The lowest BCUT2D eigenvalue weighted by molar-refractivity contribution is 0.0950. The Labute approximate surface area is 109 Å². The third kappa shape index (κ3) is 3.19. The average Bonchev–Trinajstić information content (AvgIpc) is 2.74. The number of rotatable bonds is 2. The van der Waals surface area contributed by atoms with Crippen LogP contribution in [0.3, 0.4) is 0 Å². The topological polar surface area (TPSA) is 57.2 Å². The molecule has 0 bridgehead atoms. The van der Waals surface area contributed by atoms with Crippen molar-refractivity contribution in [2.24, 2.45) is 11.0 Å². The van der Waals surface area contributed by atoms with Gasteiger partial charge in [0.25, 0.3) is 5.91 Å². The number of aromatic nitrogens is 1. The van der Waals surface area contributed by atoms with E-state index < -0.39 is 0 Å². The number of hydrazone groups is 1. The molecule has 1 amide bonds. The highest BCUT2D eigenvalue weighted by atomic mass is 79.9. The van der Waals surface area contributed by atoms with Crippen LogP contribution in [0.1, 0.15) is 43.1 Å². The molecule has 1 aliphatic rings. The first kappa shape index (κ1) is 12.4. The monoisotopic (exact) mass is 297 g/mol. The predicted molar refractivity (Wildman–Crippen MR) is 71.0 cm³/mol. The van der Waals surface area contributed by atoms with Gasteiger partial charge in [0.2, 0.25) is 0 Å². The maximum atomic E-state index is 11.7. The summed E-state index contributed by atoms with van der Waals surface area (Å²) >= 11 is 3.29. The summed E-state index contributed by atoms with van der Waals surface area (Å²) in [6, 6.07) is 1.74. The molecule has 0 spiro atoms. The summed E-state index contributed by atoms with van der Waals surface area (Å²) in [6.07, 6.45) is 6.33. The van der Waals surface area contributed by atoms with E-state index in [2.05, 4.69) is 38.4 Å². The Morgan fingerprint density at radius 2 is 2.41 bits per heavy atom. The number of amides is 1. The SMILES string of the molecule is C[C@H]1CCCCC1=NNC(=O)c1cc(Br)c[nH]1. The number of carbonyl (C=O) groups excluding carboxylic acids is 1. The highest BCUT2D eigenvalue weighted by molar-refractivity contribution is 9.10. The normalized spacial score (nSPS) is 22.7. The number of aromatic amines is 1. The van der Waals surface area contributed by atoms with E-state index in [9.17, 15) is 4.79 Å². The van der Waals surface area contributed by atoms with Crippen molar-refractivity contribution in [2.75, 3.05) is 0 Å². The molecule has 0 radical (unpaired) electrons. The number of nitrogens with zero attached hydrogens (tertiary/aromatic N) is 1. The first-order valence-electron chi connectivity index (χ1n) is 5.87. The van der Waals surface area contributed by atoms with Gasteiger partial charge >= 0.3 is 0 Å². The Hall–Kier alpha value is -1.10. The van der Waals surface area contributed by atoms with E-state index in [4.69, 9.17) is 0 Å². The van der Waals surface area contributed by atoms with Crippen molar-refractivity contribution in [1.29, 1.82) is 0 Å². The number of halogens is 1. The van der Waals surface area contributed by atoms with Gasteiger partial charge in [-0.25, -0.2) is 5.43 Å². The molecule has 1 fully saturated rings. The smallest absolute Gasteiger partial charge is 0.287 e. The molecule has 1 atom stereocenters. The second-order valence-corrected chi connectivity index (χ2v) is 5.34. The van der Waals surface area contributed by atoms with Gasteiger partial charge in [-0.2, -0.15) is 5.10 Å². The minimum Gasteiger partial charge on any atom is -0.356 e. The van der Waals surface area contributed by atoms with Crippen LogP contribution < -0.4 is 5.43 Å². The number of carbonyl (C=O) groups is 1. The molecule has 0 unspecified atom stereocenters. The first-order valence-corrected chi connectivity index (χ1v) is 6.67. The number of hydrogen-bond acceptors (Lipinski definition) is 2. The zero-order chi connectivity index (χ0) is 12.3. The summed E-state index contributed by atoms with van der Waals surface area (Å²) < 4.78 is 0.862. The molecule has 0 aromatic carbocycles. The Balaban J connectivity index is 1.97. The largest absolute Gasteiger partial charge is 0.356 e. The van der Waals surface area contributed by atoms with Gasteiger partial charge in [0.15, 0.2) is 0 Å². The summed E-state index contributed by atoms with van der Waals surface area (Å²) in [6.45, 7) is 2.16. The maximum Gasteiger partial charge on any atom is 0.287 e. The zero-order valence-corrected chi connectivity index (χ0v) is 11.4. The zero-order valence-electron chi connectivity index (χ0n) is 9.79. The van der Waals surface area contributed by atoms with Gasteiger partial charge in [-0.1, -0.05) is 13.3 Å². The lowest BCUT2D eigenvalue weighted by atomic mass is 9.89. The first-order chi connectivity index (χ1) is 8.16. The molecule has 2 rings (SSSR count). The minimum atomic E-state index is -0.194. The third-order valence-electron chi connectivity index (χ3n) is 3.08. The van der Waals surface area contributed by atoms with Crippen LogP contribution in [0.25, 0.3) is 0 Å². The van der Waals surface area contributed by atoms with Crippen molar-refractivity contribution in [3.63, 3.8) is 0 Å². The van der Waals surface area contributed by atoms with Gasteiger partial charge in [-0.15, -0.1) is 0 Å². The van der Waals surface area contributed by atoms with Gasteiger partial charge < -0.3 is 4.98 Å². The molecule has 0 saturated heterocycles. The molecular weight excluding hydrogens is 282 g/mol. The lowest BCUT2D eigenvalue weighted by Gasteiger charge is -2.19. The third-order valence-corrected chi connectivity index (χ3v) is 3.54. The van der Waals surface area contributed by atoms with Gasteiger partial charge in [-0.3, -0.25) is 4.79 Å². The highest BCUT2D eigenvalue weighted by Crippen LogP contribution is 2.20. The van der Waals surface area contributed by atoms with Crippen molar-refractivity contribution in [2.45, 2.75) is 32.6 Å². The second-order valence-electron chi connectivity index (χ2n) is 4.42. The van der Waals surface area contributed by atoms with Crippen molar-refractivity contribution in [3.8, 4) is 0 Å². The minimum absolute atomic E-state index is 0.194. The van der Waals surface area contributed by atoms with Crippen molar-refractivity contribution < 1.29 is 4.79 Å². The van der Waals surface area contributed by atoms with Gasteiger partial charge in [0, 0.05) is 16.4 Å². The highest BCUT2D eigenvalue weighted by Gasteiger charge is 2.16. The van der Waals surface area contributed by atoms with E-state index in [-0.39, 0.29) is 5.91 Å². The van der Waals surface area contributed by atoms with Crippen LogP contribution in [0.15, 0.2) is 21.8 Å². The molecule has 1 aromatic rings. The van der Waals surface area contributed by atoms with Crippen molar-refractivity contribution in [3.05, 3.63) is 22.4 Å². The number of hydrogen-bond donors (Lipinski definition) is 2. The quantitative estimate of drug-likeness (QED) is 0.810. The Morgan fingerprint density at radius 3 is 3.06 bits per heavy atom. The van der Waals surface area contributed by atoms with E-state index in [1.54, 1.807) is 12.3 Å². The molecule has 1 saturated carbocycles. The fourth-order valence-electron chi connectivity index (χ4n) is 2.02. The van der Waals surface area contributed by atoms with Crippen molar-refractivity contribution >= 4 is 27.5 Å². The molecule has 1 aromatic heterocycles. The molecule has 1 heterocycles. The lowest BCUT2D eigenvalue weighted by Crippen LogP contribution is -2.24. The van der Waals surface area contributed by atoms with Crippen LogP contribution in [-0.4, -0.2) is 16.6 Å². The Morgan fingerprint density at radius 1 is 1.59 bits per heavy atom. The van der Waals surface area contributed by atoms with Crippen LogP contribution >= 0.6 is 15.9 Å².